The largest absolute Gasteiger partial charge is 0.345 e. The van der Waals surface area contributed by atoms with Crippen LogP contribution in [0.15, 0.2) is 11.6 Å². The molecule has 0 bridgehead atoms. The lowest BCUT2D eigenvalue weighted by molar-refractivity contribution is -0.134. The first kappa shape index (κ1) is 14.3. The molecule has 0 aliphatic carbocycles. The maximum atomic E-state index is 12.3. The van der Waals surface area contributed by atoms with Gasteiger partial charge in [0.15, 0.2) is 5.13 Å². The fraction of sp³-hybridized carbons (Fsp3) is 0.692. The lowest BCUT2D eigenvalue weighted by Crippen LogP contribution is -2.54. The third-order valence-electron chi connectivity index (χ3n) is 3.82. The van der Waals surface area contributed by atoms with Crippen molar-refractivity contribution in [2.45, 2.75) is 26.3 Å². The summed E-state index contributed by atoms with van der Waals surface area (Å²) in [5, 5.41) is 3.02. The maximum absolute atomic E-state index is 12.3. The van der Waals surface area contributed by atoms with Crippen LogP contribution in [-0.4, -0.2) is 48.0 Å². The number of nitrogens with two attached hydrogens (primary N) is 1. The van der Waals surface area contributed by atoms with Gasteiger partial charge >= 0.3 is 0 Å². The number of thiazole rings is 1. The summed E-state index contributed by atoms with van der Waals surface area (Å²) in [5.74, 6) is 0.331. The number of anilines is 1. The number of carbonyl (C=O) groups excluding carboxylic acids is 1. The van der Waals surface area contributed by atoms with Gasteiger partial charge in [0.25, 0.3) is 0 Å². The molecule has 1 aromatic rings. The summed E-state index contributed by atoms with van der Waals surface area (Å²) in [5.41, 5.74) is 6.02. The van der Waals surface area contributed by atoms with E-state index in [1.54, 1.807) is 11.3 Å². The van der Waals surface area contributed by atoms with Crippen LogP contribution in [0.4, 0.5) is 5.13 Å². The van der Waals surface area contributed by atoms with Gasteiger partial charge in [-0.1, -0.05) is 20.3 Å². The number of nitrogens with zero attached hydrogens (tertiary/aromatic N) is 3. The average Bonchev–Trinajstić information content (AvgIpc) is 2.99. The quantitative estimate of drug-likeness (QED) is 0.900. The lowest BCUT2D eigenvalue weighted by atomic mass is 9.98. The zero-order valence-electron chi connectivity index (χ0n) is 11.6. The summed E-state index contributed by atoms with van der Waals surface area (Å²) in [6, 6.07) is -0.364. The van der Waals surface area contributed by atoms with E-state index in [9.17, 15) is 4.79 Å². The molecule has 6 heteroatoms. The highest BCUT2D eigenvalue weighted by atomic mass is 32.1. The average molecular weight is 282 g/mol. The van der Waals surface area contributed by atoms with E-state index < -0.39 is 0 Å². The molecule has 0 aromatic carbocycles. The Labute approximate surface area is 118 Å². The van der Waals surface area contributed by atoms with Crippen molar-refractivity contribution in [3.63, 3.8) is 0 Å². The van der Waals surface area contributed by atoms with Gasteiger partial charge in [0.1, 0.15) is 0 Å². The van der Waals surface area contributed by atoms with Crippen LogP contribution in [0.3, 0.4) is 0 Å². The van der Waals surface area contributed by atoms with Gasteiger partial charge in [-0.15, -0.1) is 11.3 Å². The van der Waals surface area contributed by atoms with Gasteiger partial charge in [-0.3, -0.25) is 4.79 Å². The Bertz CT molecular complexity index is 401. The predicted molar refractivity (Wildman–Crippen MR) is 78.3 cm³/mol. The SMILES string of the molecule is CCC(C)C(N)C(=O)N1CCN(c2nccs2)CC1. The van der Waals surface area contributed by atoms with Crippen LogP contribution in [0.5, 0.6) is 0 Å². The third-order valence-corrected chi connectivity index (χ3v) is 4.66. The number of aromatic nitrogens is 1. The smallest absolute Gasteiger partial charge is 0.239 e. The highest BCUT2D eigenvalue weighted by molar-refractivity contribution is 7.13. The standard InChI is InChI=1S/C13H22N4OS/c1-3-10(2)11(14)12(18)16-5-7-17(8-6-16)13-15-4-9-19-13/h4,9-11H,3,5-8,14H2,1-2H3. The zero-order valence-corrected chi connectivity index (χ0v) is 12.4. The number of carbonyl (C=O) groups is 1. The predicted octanol–water partition coefficient (Wildman–Crippen LogP) is 1.17. The van der Waals surface area contributed by atoms with E-state index in [-0.39, 0.29) is 17.9 Å². The number of hydrogen-bond donors (Lipinski definition) is 1. The van der Waals surface area contributed by atoms with Gasteiger partial charge in [0.05, 0.1) is 6.04 Å². The van der Waals surface area contributed by atoms with Crippen LogP contribution in [0.1, 0.15) is 20.3 Å². The molecule has 2 N–H and O–H groups in total. The Morgan fingerprint density at radius 3 is 2.68 bits per heavy atom. The molecule has 2 atom stereocenters. The van der Waals surface area contributed by atoms with Crippen LogP contribution in [0.2, 0.25) is 0 Å². The van der Waals surface area contributed by atoms with Crippen LogP contribution in [0.25, 0.3) is 0 Å². The van der Waals surface area contributed by atoms with Crippen molar-refractivity contribution in [1.29, 1.82) is 0 Å². The van der Waals surface area contributed by atoms with Gasteiger partial charge in [-0.25, -0.2) is 4.98 Å². The zero-order chi connectivity index (χ0) is 13.8. The van der Waals surface area contributed by atoms with E-state index in [2.05, 4.69) is 16.8 Å². The van der Waals surface area contributed by atoms with Gasteiger partial charge in [-0.05, 0) is 5.92 Å². The third kappa shape index (κ3) is 3.25. The lowest BCUT2D eigenvalue weighted by Gasteiger charge is -2.36. The van der Waals surface area contributed by atoms with Crippen molar-refractivity contribution in [2.75, 3.05) is 31.1 Å². The summed E-state index contributed by atoms with van der Waals surface area (Å²) in [4.78, 5) is 20.7. The summed E-state index contributed by atoms with van der Waals surface area (Å²) in [7, 11) is 0. The molecule has 1 saturated heterocycles. The van der Waals surface area contributed by atoms with Crippen LogP contribution >= 0.6 is 11.3 Å². The van der Waals surface area contributed by atoms with Crippen LogP contribution < -0.4 is 10.6 Å². The molecular formula is C13H22N4OS. The van der Waals surface area contributed by atoms with Crippen LogP contribution in [0, 0.1) is 5.92 Å². The van der Waals surface area contributed by atoms with E-state index in [1.165, 1.54) is 0 Å². The first-order valence-corrected chi connectivity index (χ1v) is 7.70. The van der Waals surface area contributed by atoms with Gasteiger partial charge in [-0.2, -0.15) is 0 Å². The Kier molecular flexibility index (Phi) is 4.76. The molecule has 2 rings (SSSR count). The molecule has 0 saturated carbocycles. The Morgan fingerprint density at radius 2 is 2.16 bits per heavy atom. The van der Waals surface area contributed by atoms with Gasteiger partial charge in [0, 0.05) is 37.8 Å². The van der Waals surface area contributed by atoms with Gasteiger partial charge < -0.3 is 15.5 Å². The molecule has 1 amide bonds. The minimum atomic E-state index is -0.364. The molecule has 5 nitrogen and oxygen atoms in total. The molecule has 1 aromatic heterocycles. The highest BCUT2D eigenvalue weighted by Gasteiger charge is 2.28. The number of rotatable bonds is 4. The minimum Gasteiger partial charge on any atom is -0.345 e. The second-order valence-electron chi connectivity index (χ2n) is 5.04. The number of amides is 1. The molecule has 1 fully saturated rings. The van der Waals surface area contributed by atoms with Gasteiger partial charge in [0.2, 0.25) is 5.91 Å². The molecule has 1 aliphatic rings. The number of piperazine rings is 1. The monoisotopic (exact) mass is 282 g/mol. The summed E-state index contributed by atoms with van der Waals surface area (Å²) in [6.07, 6.45) is 2.75. The minimum absolute atomic E-state index is 0.0909. The summed E-state index contributed by atoms with van der Waals surface area (Å²) in [6.45, 7) is 7.26. The van der Waals surface area contributed by atoms with Crippen molar-refractivity contribution in [2.24, 2.45) is 11.7 Å². The van der Waals surface area contributed by atoms with Crippen molar-refractivity contribution >= 4 is 22.4 Å². The van der Waals surface area contributed by atoms with E-state index >= 15 is 0 Å². The Balaban J connectivity index is 1.87. The molecule has 2 unspecified atom stereocenters. The van der Waals surface area contributed by atoms with Crippen LogP contribution in [-0.2, 0) is 4.79 Å². The van der Waals surface area contributed by atoms with E-state index in [1.807, 2.05) is 23.4 Å². The first-order chi connectivity index (χ1) is 9.13. The second-order valence-corrected chi connectivity index (χ2v) is 5.91. The Hall–Kier alpha value is -1.14. The van der Waals surface area contributed by atoms with Crippen molar-refractivity contribution < 1.29 is 4.79 Å². The van der Waals surface area contributed by atoms with E-state index in [4.69, 9.17) is 5.73 Å². The maximum Gasteiger partial charge on any atom is 0.239 e. The topological polar surface area (TPSA) is 62.5 Å². The fourth-order valence-corrected chi connectivity index (χ4v) is 2.90. The summed E-state index contributed by atoms with van der Waals surface area (Å²) >= 11 is 1.64. The van der Waals surface area contributed by atoms with Crippen molar-refractivity contribution in [3.05, 3.63) is 11.6 Å². The van der Waals surface area contributed by atoms with E-state index in [0.717, 1.165) is 37.7 Å². The molecule has 0 radical (unpaired) electrons. The normalized spacial score (nSPS) is 19.3. The molecule has 19 heavy (non-hydrogen) atoms. The van der Waals surface area contributed by atoms with Crippen molar-refractivity contribution in [1.82, 2.24) is 9.88 Å². The second kappa shape index (κ2) is 6.34. The van der Waals surface area contributed by atoms with E-state index in [0.29, 0.717) is 0 Å². The highest BCUT2D eigenvalue weighted by Crippen LogP contribution is 2.19. The molecule has 0 spiro atoms. The Morgan fingerprint density at radius 1 is 1.47 bits per heavy atom. The molecule has 2 heterocycles. The summed E-state index contributed by atoms with van der Waals surface area (Å²) < 4.78 is 0. The molecule has 106 valence electrons. The molecule has 1 aliphatic heterocycles. The fourth-order valence-electron chi connectivity index (χ4n) is 2.20. The van der Waals surface area contributed by atoms with Crippen molar-refractivity contribution in [3.8, 4) is 0 Å². The number of hydrogen-bond acceptors (Lipinski definition) is 5. The molecular weight excluding hydrogens is 260 g/mol. The first-order valence-electron chi connectivity index (χ1n) is 6.82.